The summed E-state index contributed by atoms with van der Waals surface area (Å²) in [6.45, 7) is 0. The molecule has 8 heteroatoms. The third kappa shape index (κ3) is 10.3. The normalized spacial score (nSPS) is 11.7. The van der Waals surface area contributed by atoms with Crippen LogP contribution in [0.5, 0.6) is 0 Å². The van der Waals surface area contributed by atoms with Crippen LogP contribution >= 0.6 is 11.3 Å². The van der Waals surface area contributed by atoms with Crippen LogP contribution in [0.4, 0.5) is 68.2 Å². The van der Waals surface area contributed by atoms with Gasteiger partial charge in [-0.25, -0.2) is 0 Å². The third-order valence-corrected chi connectivity index (χ3v) is 21.4. The van der Waals surface area contributed by atoms with E-state index in [2.05, 4.69) is 378 Å². The molecule has 104 heavy (non-hydrogen) atoms. The first-order valence-corrected chi connectivity index (χ1v) is 35.9. The van der Waals surface area contributed by atoms with Gasteiger partial charge >= 0.3 is 0 Å². The van der Waals surface area contributed by atoms with Crippen LogP contribution in [0.25, 0.3) is 118 Å². The van der Waals surface area contributed by atoms with E-state index in [4.69, 9.17) is 13.3 Å². The van der Waals surface area contributed by atoms with E-state index in [9.17, 15) is 0 Å². The summed E-state index contributed by atoms with van der Waals surface area (Å²) in [7, 11) is 0. The van der Waals surface area contributed by atoms with Gasteiger partial charge in [0.15, 0.2) is 5.58 Å². The van der Waals surface area contributed by atoms with Gasteiger partial charge in [-0.15, -0.1) is 11.3 Å². The van der Waals surface area contributed by atoms with Gasteiger partial charge in [0.25, 0.3) is 0 Å². The number of hydrogen-bond donors (Lipinski definition) is 0. The Kier molecular flexibility index (Phi) is 14.6. The number of nitrogens with zero attached hydrogens (tertiary/aromatic N) is 4. The van der Waals surface area contributed by atoms with Crippen LogP contribution in [0.1, 0.15) is 0 Å². The number of fused-ring (bicyclic) bond motifs is 16. The lowest BCUT2D eigenvalue weighted by Gasteiger charge is -2.28. The molecular formula is C96H62N4O3S. The summed E-state index contributed by atoms with van der Waals surface area (Å²) < 4.78 is 22.6. The number of benzene rings is 17. The molecule has 0 N–H and O–H groups in total. The van der Waals surface area contributed by atoms with Crippen molar-refractivity contribution in [3.63, 3.8) is 0 Å². The zero-order valence-corrected chi connectivity index (χ0v) is 57.0. The van der Waals surface area contributed by atoms with Gasteiger partial charge in [-0.2, -0.15) is 0 Å². The Bertz CT molecular complexity index is 6720. The lowest BCUT2D eigenvalue weighted by molar-refractivity contribution is 0.668. The predicted molar refractivity (Wildman–Crippen MR) is 439 cm³/mol. The summed E-state index contributed by atoms with van der Waals surface area (Å²) in [6.07, 6.45) is 0. The molecule has 0 fully saturated rings. The van der Waals surface area contributed by atoms with Gasteiger partial charge in [0.2, 0.25) is 0 Å². The van der Waals surface area contributed by atoms with Gasteiger partial charge in [-0.3, -0.25) is 0 Å². The van der Waals surface area contributed by atoms with Crippen LogP contribution in [0.15, 0.2) is 389 Å². The maximum absolute atomic E-state index is 6.72. The van der Waals surface area contributed by atoms with Crippen molar-refractivity contribution in [2.24, 2.45) is 0 Å². The summed E-state index contributed by atoms with van der Waals surface area (Å²) in [5, 5.41) is 16.2. The lowest BCUT2D eigenvalue weighted by Crippen LogP contribution is -2.11. The highest BCUT2D eigenvalue weighted by Gasteiger charge is 2.26. The number of para-hydroxylation sites is 6. The maximum atomic E-state index is 6.72. The number of rotatable bonds is 12. The van der Waals surface area contributed by atoms with Crippen molar-refractivity contribution in [3.05, 3.63) is 376 Å². The first-order chi connectivity index (χ1) is 51.6. The minimum Gasteiger partial charge on any atom is -0.456 e. The quantitative estimate of drug-likeness (QED) is 0.121. The van der Waals surface area contributed by atoms with Crippen LogP contribution in [-0.2, 0) is 0 Å². The van der Waals surface area contributed by atoms with Crippen molar-refractivity contribution in [3.8, 4) is 0 Å². The second-order valence-corrected chi connectivity index (χ2v) is 27.4. The number of hydrogen-bond acceptors (Lipinski definition) is 8. The molecule has 0 bridgehead atoms. The van der Waals surface area contributed by atoms with Crippen molar-refractivity contribution >= 4 is 198 Å². The molecule has 490 valence electrons. The fourth-order valence-corrected chi connectivity index (χ4v) is 16.6. The molecule has 0 saturated carbocycles. The average molecular weight is 1350 g/mol. The Morgan fingerprint density at radius 1 is 0.183 bits per heavy atom. The highest BCUT2D eigenvalue weighted by molar-refractivity contribution is 7.25. The van der Waals surface area contributed by atoms with E-state index in [-0.39, 0.29) is 0 Å². The van der Waals surface area contributed by atoms with Crippen molar-refractivity contribution in [2.45, 2.75) is 0 Å². The van der Waals surface area contributed by atoms with E-state index in [1.54, 1.807) is 0 Å². The Hall–Kier alpha value is -13.7. The molecule has 21 rings (SSSR count). The minimum atomic E-state index is 0.829. The SMILES string of the molecule is c1ccc(N(c2ccc3oc4cc(N(c5cccc6ccccc56)c5cccc6ccccc56)ccc4c3c2)c2cccc3c2oc2ccccc23)cc1.c1ccc(N(c2ccc3sc4ccccc4c3c2)c2ccc3oc4cc(N(c5ccccc5)c5ccccc5)c5ccccc5c4c3c2)cc1. The fourth-order valence-electron chi connectivity index (χ4n) is 15.6. The molecule has 0 aliphatic rings. The molecule has 17 aromatic carbocycles. The molecule has 0 aliphatic carbocycles. The predicted octanol–water partition coefficient (Wildman–Crippen LogP) is 28.8. The second kappa shape index (κ2) is 25.2. The molecule has 0 unspecified atom stereocenters. The maximum Gasteiger partial charge on any atom is 0.159 e. The van der Waals surface area contributed by atoms with Crippen LogP contribution in [0.3, 0.4) is 0 Å². The van der Waals surface area contributed by atoms with E-state index >= 15 is 0 Å². The average Bonchev–Trinajstić information content (AvgIpc) is 1.51. The molecule has 7 nitrogen and oxygen atoms in total. The van der Waals surface area contributed by atoms with Crippen LogP contribution in [-0.4, -0.2) is 0 Å². The van der Waals surface area contributed by atoms with Crippen LogP contribution in [0.2, 0.25) is 0 Å². The van der Waals surface area contributed by atoms with Gasteiger partial charge in [0.05, 0.1) is 22.7 Å². The van der Waals surface area contributed by atoms with Crippen LogP contribution in [0, 0.1) is 0 Å². The Balaban J connectivity index is 0.000000139. The molecule has 0 atom stereocenters. The van der Waals surface area contributed by atoms with Gasteiger partial charge < -0.3 is 32.9 Å². The summed E-state index contributed by atoms with van der Waals surface area (Å²) in [6, 6.07) is 133. The van der Waals surface area contributed by atoms with E-state index in [0.717, 1.165) is 145 Å². The van der Waals surface area contributed by atoms with Crippen LogP contribution < -0.4 is 19.6 Å². The van der Waals surface area contributed by atoms with E-state index in [0.29, 0.717) is 0 Å². The molecular weight excluding hydrogens is 1290 g/mol. The zero-order valence-electron chi connectivity index (χ0n) is 56.2. The molecule has 0 radical (unpaired) electrons. The molecule has 0 aliphatic heterocycles. The van der Waals surface area contributed by atoms with E-state index in [1.165, 1.54) is 41.7 Å². The van der Waals surface area contributed by atoms with E-state index in [1.807, 2.05) is 29.5 Å². The first-order valence-electron chi connectivity index (χ1n) is 35.1. The van der Waals surface area contributed by atoms with Crippen molar-refractivity contribution in [1.29, 1.82) is 0 Å². The standard InChI is InChI=1S/C50H32N2O2.C46H30N2OS/c1-2-17-35(18-3-1)51(46-25-12-22-42-40-21-8-9-26-47(40)54-50(42)46)36-28-30-48-43(31-36)41-29-27-37(32-49(41)53-48)52(44-23-10-15-33-13-4-6-19-38(33)44)45-24-11-16-34-14-5-7-20-39(34)45;1-4-14-31(15-5-1)47(35-25-27-45-39(28-35)37-21-12-13-23-44(37)50-45)34-24-26-42-40(29-34)46-38-22-11-10-20-36(38)41(30-43(46)49-42)48(32-16-6-2-7-17-32)33-18-8-3-9-19-33/h1-32H;1-30H. The molecule has 0 spiro atoms. The van der Waals surface area contributed by atoms with E-state index < -0.39 is 0 Å². The summed E-state index contributed by atoms with van der Waals surface area (Å²) in [5.41, 5.74) is 18.0. The zero-order chi connectivity index (χ0) is 68.6. The number of thiophene rings is 1. The Morgan fingerprint density at radius 3 is 1.25 bits per heavy atom. The number of anilines is 12. The fraction of sp³-hybridized carbons (Fsp3) is 0. The van der Waals surface area contributed by atoms with Crippen molar-refractivity contribution in [1.82, 2.24) is 0 Å². The molecule has 0 amide bonds. The highest BCUT2D eigenvalue weighted by Crippen LogP contribution is 2.50. The van der Waals surface area contributed by atoms with Gasteiger partial charge in [-0.05, 0) is 162 Å². The summed E-state index contributed by atoms with van der Waals surface area (Å²) >= 11 is 1.84. The lowest BCUT2D eigenvalue weighted by atomic mass is 10.0. The summed E-state index contributed by atoms with van der Waals surface area (Å²) in [5.74, 6) is 0. The highest BCUT2D eigenvalue weighted by atomic mass is 32.1. The molecule has 0 saturated heterocycles. The Labute approximate surface area is 603 Å². The minimum absolute atomic E-state index is 0.829. The monoisotopic (exact) mass is 1350 g/mol. The third-order valence-electron chi connectivity index (χ3n) is 20.2. The van der Waals surface area contributed by atoms with Crippen molar-refractivity contribution in [2.75, 3.05) is 19.6 Å². The summed E-state index contributed by atoms with van der Waals surface area (Å²) in [4.78, 5) is 9.32. The van der Waals surface area contributed by atoms with Crippen molar-refractivity contribution < 1.29 is 13.3 Å². The smallest absolute Gasteiger partial charge is 0.159 e. The van der Waals surface area contributed by atoms with Gasteiger partial charge in [0.1, 0.15) is 27.9 Å². The molecule has 4 heterocycles. The molecule has 4 aromatic heterocycles. The first kappa shape index (κ1) is 60.3. The van der Waals surface area contributed by atoms with Gasteiger partial charge in [0, 0.05) is 126 Å². The van der Waals surface area contributed by atoms with Gasteiger partial charge in [-0.1, -0.05) is 218 Å². The second-order valence-electron chi connectivity index (χ2n) is 26.3. The largest absolute Gasteiger partial charge is 0.456 e. The molecule has 21 aromatic rings. The Morgan fingerprint density at radius 2 is 0.596 bits per heavy atom. The topological polar surface area (TPSA) is 52.4 Å². The number of furan rings is 3.